The lowest BCUT2D eigenvalue weighted by molar-refractivity contribution is -0.121. The Hall–Kier alpha value is -0.610. The van der Waals surface area contributed by atoms with Gasteiger partial charge >= 0.3 is 0 Å². The van der Waals surface area contributed by atoms with E-state index in [1.165, 1.54) is 58.0 Å². The minimum Gasteiger partial charge on any atom is -0.354 e. The molecule has 1 saturated carbocycles. The van der Waals surface area contributed by atoms with Crippen molar-refractivity contribution >= 4 is 5.91 Å². The van der Waals surface area contributed by atoms with Gasteiger partial charge in [0.05, 0.1) is 0 Å². The van der Waals surface area contributed by atoms with Gasteiger partial charge in [0.2, 0.25) is 5.91 Å². The fraction of sp³-hybridized carbons (Fsp3) is 0.941. The van der Waals surface area contributed by atoms with Gasteiger partial charge in [-0.1, -0.05) is 26.2 Å². The molecular formula is C17H33N3O. The molecule has 1 aliphatic heterocycles. The first-order valence-corrected chi connectivity index (χ1v) is 8.90. The lowest BCUT2D eigenvalue weighted by Gasteiger charge is -2.39. The number of carbonyl (C=O) groups excluding carboxylic acids is 1. The van der Waals surface area contributed by atoms with Crippen LogP contribution < -0.4 is 11.1 Å². The molecule has 3 atom stereocenters. The summed E-state index contributed by atoms with van der Waals surface area (Å²) in [5.74, 6) is 1.87. The SMILES string of the molecule is CC1CCCC(CN2CCCCC2CNC(=O)CCN)C1. The molecule has 122 valence electrons. The van der Waals surface area contributed by atoms with E-state index in [1.54, 1.807) is 0 Å². The van der Waals surface area contributed by atoms with Crippen LogP contribution in [-0.4, -0.2) is 43.0 Å². The molecule has 2 aliphatic rings. The van der Waals surface area contributed by atoms with Crippen LogP contribution in [-0.2, 0) is 4.79 Å². The van der Waals surface area contributed by atoms with Crippen LogP contribution in [0.25, 0.3) is 0 Å². The molecule has 1 saturated heterocycles. The highest BCUT2D eigenvalue weighted by Crippen LogP contribution is 2.30. The maximum Gasteiger partial charge on any atom is 0.221 e. The van der Waals surface area contributed by atoms with Crippen molar-refractivity contribution in [2.75, 3.05) is 26.2 Å². The average molecular weight is 295 g/mol. The van der Waals surface area contributed by atoms with Gasteiger partial charge in [-0.3, -0.25) is 9.69 Å². The molecule has 1 heterocycles. The normalized spacial score (nSPS) is 31.0. The van der Waals surface area contributed by atoms with E-state index in [1.807, 2.05) is 0 Å². The topological polar surface area (TPSA) is 58.4 Å². The molecule has 0 radical (unpaired) electrons. The van der Waals surface area contributed by atoms with Crippen LogP contribution in [0.1, 0.15) is 58.3 Å². The smallest absolute Gasteiger partial charge is 0.221 e. The number of nitrogens with zero attached hydrogens (tertiary/aromatic N) is 1. The molecule has 4 nitrogen and oxygen atoms in total. The number of carbonyl (C=O) groups is 1. The third kappa shape index (κ3) is 5.59. The molecule has 0 spiro atoms. The largest absolute Gasteiger partial charge is 0.354 e. The van der Waals surface area contributed by atoms with Crippen molar-refractivity contribution in [1.82, 2.24) is 10.2 Å². The molecule has 1 aliphatic carbocycles. The van der Waals surface area contributed by atoms with Gasteiger partial charge in [0.15, 0.2) is 0 Å². The van der Waals surface area contributed by atoms with E-state index in [9.17, 15) is 4.79 Å². The first-order valence-electron chi connectivity index (χ1n) is 8.90. The van der Waals surface area contributed by atoms with Crippen molar-refractivity contribution in [3.63, 3.8) is 0 Å². The first kappa shape index (κ1) is 16.8. The van der Waals surface area contributed by atoms with Gasteiger partial charge in [-0.05, 0) is 44.1 Å². The zero-order valence-corrected chi connectivity index (χ0v) is 13.7. The van der Waals surface area contributed by atoms with Gasteiger partial charge in [-0.25, -0.2) is 0 Å². The second-order valence-electron chi connectivity index (χ2n) is 7.13. The second kappa shape index (κ2) is 8.74. The number of nitrogens with one attached hydrogen (secondary N) is 1. The summed E-state index contributed by atoms with van der Waals surface area (Å²) >= 11 is 0. The number of nitrogens with two attached hydrogens (primary N) is 1. The Kier molecular flexibility index (Phi) is 6.97. The van der Waals surface area contributed by atoms with E-state index < -0.39 is 0 Å². The summed E-state index contributed by atoms with van der Waals surface area (Å²) in [5, 5.41) is 3.07. The standard InChI is InChI=1S/C17H33N3O/c1-14-5-4-6-15(11-14)13-20-10-3-2-7-16(20)12-19-17(21)8-9-18/h14-16H,2-13,18H2,1H3,(H,19,21). The van der Waals surface area contributed by atoms with Gasteiger partial charge < -0.3 is 11.1 Å². The molecule has 0 bridgehead atoms. The third-order valence-corrected chi connectivity index (χ3v) is 5.19. The van der Waals surface area contributed by atoms with Crippen LogP contribution in [0.3, 0.4) is 0 Å². The molecule has 0 aromatic rings. The molecule has 3 unspecified atom stereocenters. The van der Waals surface area contributed by atoms with E-state index in [0.717, 1.165) is 18.4 Å². The van der Waals surface area contributed by atoms with Crippen LogP contribution in [0.15, 0.2) is 0 Å². The van der Waals surface area contributed by atoms with E-state index in [-0.39, 0.29) is 5.91 Å². The Balaban J connectivity index is 1.79. The zero-order valence-electron chi connectivity index (χ0n) is 13.7. The highest BCUT2D eigenvalue weighted by Gasteiger charge is 2.27. The average Bonchev–Trinajstić information content (AvgIpc) is 2.47. The van der Waals surface area contributed by atoms with Crippen molar-refractivity contribution < 1.29 is 4.79 Å². The minimum absolute atomic E-state index is 0.106. The highest BCUT2D eigenvalue weighted by atomic mass is 16.1. The minimum atomic E-state index is 0.106. The Bertz CT molecular complexity index is 321. The maximum absolute atomic E-state index is 11.6. The van der Waals surface area contributed by atoms with Crippen molar-refractivity contribution in [1.29, 1.82) is 0 Å². The molecule has 2 fully saturated rings. The Labute approximate surface area is 129 Å². The molecular weight excluding hydrogens is 262 g/mol. The van der Waals surface area contributed by atoms with Gasteiger partial charge in [-0.2, -0.15) is 0 Å². The number of hydrogen-bond donors (Lipinski definition) is 2. The van der Waals surface area contributed by atoms with Gasteiger partial charge in [-0.15, -0.1) is 0 Å². The van der Waals surface area contributed by atoms with Crippen LogP contribution in [0.2, 0.25) is 0 Å². The molecule has 4 heteroatoms. The van der Waals surface area contributed by atoms with Gasteiger partial charge in [0.1, 0.15) is 0 Å². The lowest BCUT2D eigenvalue weighted by Crippen LogP contribution is -2.48. The van der Waals surface area contributed by atoms with Crippen molar-refractivity contribution in [2.45, 2.75) is 64.3 Å². The second-order valence-corrected chi connectivity index (χ2v) is 7.13. The van der Waals surface area contributed by atoms with E-state index in [2.05, 4.69) is 17.1 Å². The lowest BCUT2D eigenvalue weighted by atomic mass is 9.81. The number of rotatable bonds is 6. The van der Waals surface area contributed by atoms with Crippen LogP contribution in [0, 0.1) is 11.8 Å². The van der Waals surface area contributed by atoms with Crippen LogP contribution >= 0.6 is 0 Å². The van der Waals surface area contributed by atoms with E-state index in [4.69, 9.17) is 5.73 Å². The third-order valence-electron chi connectivity index (χ3n) is 5.19. The fourth-order valence-corrected chi connectivity index (χ4v) is 4.04. The Morgan fingerprint density at radius 2 is 2.10 bits per heavy atom. The van der Waals surface area contributed by atoms with Gasteiger partial charge in [0, 0.05) is 32.1 Å². The maximum atomic E-state index is 11.6. The van der Waals surface area contributed by atoms with Crippen molar-refractivity contribution in [3.8, 4) is 0 Å². The van der Waals surface area contributed by atoms with E-state index >= 15 is 0 Å². The van der Waals surface area contributed by atoms with Crippen LogP contribution in [0.5, 0.6) is 0 Å². The first-order chi connectivity index (χ1) is 10.2. The Morgan fingerprint density at radius 1 is 1.24 bits per heavy atom. The summed E-state index contributed by atoms with van der Waals surface area (Å²) in [7, 11) is 0. The molecule has 1 amide bonds. The molecule has 0 aromatic carbocycles. The Morgan fingerprint density at radius 3 is 2.86 bits per heavy atom. The number of piperidine rings is 1. The van der Waals surface area contributed by atoms with Crippen molar-refractivity contribution in [2.24, 2.45) is 17.6 Å². The molecule has 0 aromatic heterocycles. The van der Waals surface area contributed by atoms with E-state index in [0.29, 0.717) is 19.0 Å². The summed E-state index contributed by atoms with van der Waals surface area (Å²) in [6, 6.07) is 0.540. The molecule has 2 rings (SSSR count). The fourth-order valence-electron chi connectivity index (χ4n) is 4.04. The number of amides is 1. The quantitative estimate of drug-likeness (QED) is 0.789. The predicted molar refractivity (Wildman–Crippen MR) is 87.0 cm³/mol. The monoisotopic (exact) mass is 295 g/mol. The summed E-state index contributed by atoms with van der Waals surface area (Å²) in [4.78, 5) is 14.3. The summed E-state index contributed by atoms with van der Waals surface area (Å²) in [5.41, 5.74) is 5.43. The number of hydrogen-bond acceptors (Lipinski definition) is 3. The highest BCUT2D eigenvalue weighted by molar-refractivity contribution is 5.76. The summed E-state index contributed by atoms with van der Waals surface area (Å²) in [6.07, 6.45) is 9.89. The summed E-state index contributed by atoms with van der Waals surface area (Å²) < 4.78 is 0. The van der Waals surface area contributed by atoms with Gasteiger partial charge in [0.25, 0.3) is 0 Å². The predicted octanol–water partition coefficient (Wildman–Crippen LogP) is 2.13. The van der Waals surface area contributed by atoms with Crippen LogP contribution in [0.4, 0.5) is 0 Å². The summed E-state index contributed by atoms with van der Waals surface area (Å²) in [6.45, 7) is 6.10. The van der Waals surface area contributed by atoms with Crippen molar-refractivity contribution in [3.05, 3.63) is 0 Å². The number of likely N-dealkylation sites (tertiary alicyclic amines) is 1. The molecule has 3 N–H and O–H groups in total. The zero-order chi connectivity index (χ0) is 15.1. The molecule has 21 heavy (non-hydrogen) atoms.